The van der Waals surface area contributed by atoms with Crippen molar-refractivity contribution in [1.82, 2.24) is 0 Å². The monoisotopic (exact) mass is 560 g/mol. The van der Waals surface area contributed by atoms with Gasteiger partial charge in [0.1, 0.15) is 22.3 Å². The highest BCUT2D eigenvalue weighted by molar-refractivity contribution is 6.19. The fourth-order valence-corrected chi connectivity index (χ4v) is 5.87. The van der Waals surface area contributed by atoms with E-state index < -0.39 is 42.3 Å². The first kappa shape index (κ1) is 16.6. The second-order valence-corrected chi connectivity index (χ2v) is 10.3. The minimum absolute atomic E-state index is 0.0466. The van der Waals surface area contributed by atoms with E-state index in [4.69, 9.17) is 15.7 Å². The van der Waals surface area contributed by atoms with Gasteiger partial charge in [0.05, 0.1) is 23.4 Å². The van der Waals surface area contributed by atoms with E-state index in [1.807, 2.05) is 60.7 Å². The Labute approximate surface area is 260 Å². The van der Waals surface area contributed by atoms with Gasteiger partial charge in [-0.2, -0.15) is 0 Å². The molecule has 0 radical (unpaired) electrons. The molecule has 43 heavy (non-hydrogen) atoms. The molecule has 0 atom stereocenters. The van der Waals surface area contributed by atoms with Crippen LogP contribution in [0.1, 0.15) is 12.3 Å². The molecule has 7 aromatic carbocycles. The Balaban J connectivity index is 1.37. The highest BCUT2D eigenvalue weighted by atomic mass is 16.3. The first-order valence-corrected chi connectivity index (χ1v) is 13.8. The van der Waals surface area contributed by atoms with Gasteiger partial charge in [0.2, 0.25) is 0 Å². The van der Waals surface area contributed by atoms with Crippen LogP contribution in [0.4, 0.5) is 17.1 Å². The average molecular weight is 561 g/mol. The molecule has 202 valence electrons. The summed E-state index contributed by atoms with van der Waals surface area (Å²) in [5, 5.41) is 4.54. The van der Waals surface area contributed by atoms with E-state index in [9.17, 15) is 5.48 Å². The molecule has 9 aromatic rings. The normalized spacial score (nSPS) is 14.7. The topological polar surface area (TPSA) is 29.5 Å². The van der Waals surface area contributed by atoms with Gasteiger partial charge in [0, 0.05) is 32.9 Å². The SMILES string of the molecule is [2H]c1c([2H])c([2H])c(N(c2c([2H])c([2H])c(-c3ccc4oc5ccccc5c4c3)c([2H])c2[2H])c2cccc3oc4c5ccccc5ccc4c23)c([2H])c1[2H]. The van der Waals surface area contributed by atoms with Gasteiger partial charge >= 0.3 is 0 Å². The first-order valence-electron chi connectivity index (χ1n) is 18.3. The van der Waals surface area contributed by atoms with E-state index in [2.05, 4.69) is 0 Å². The van der Waals surface area contributed by atoms with Crippen LogP contribution in [0.15, 0.2) is 160 Å². The van der Waals surface area contributed by atoms with E-state index in [0.29, 0.717) is 38.7 Å². The van der Waals surface area contributed by atoms with Gasteiger partial charge in [-0.1, -0.05) is 90.9 Å². The first-order chi connectivity index (χ1) is 25.1. The van der Waals surface area contributed by atoms with Crippen LogP contribution in [0, 0.1) is 0 Å². The lowest BCUT2D eigenvalue weighted by atomic mass is 10.0. The van der Waals surface area contributed by atoms with Crippen LogP contribution in [0.25, 0.3) is 65.8 Å². The Morgan fingerprint density at radius 1 is 0.488 bits per heavy atom. The summed E-state index contributed by atoms with van der Waals surface area (Å²) in [6, 6.07) is 24.7. The molecule has 0 fully saturated rings. The van der Waals surface area contributed by atoms with Gasteiger partial charge in [0.15, 0.2) is 0 Å². The maximum absolute atomic E-state index is 9.42. The summed E-state index contributed by atoms with van der Waals surface area (Å²) < 4.78 is 93.1. The molecule has 2 heterocycles. The molecule has 0 amide bonds. The van der Waals surface area contributed by atoms with E-state index in [1.165, 1.54) is 4.90 Å². The molecule has 0 N–H and O–H groups in total. The summed E-state index contributed by atoms with van der Waals surface area (Å²) in [5.41, 5.74) is 2.41. The van der Waals surface area contributed by atoms with Crippen LogP contribution in [0.2, 0.25) is 0 Å². The molecule has 0 spiro atoms. The molecule has 0 saturated carbocycles. The number of rotatable bonds is 4. The zero-order valence-corrected chi connectivity index (χ0v) is 22.5. The number of hydrogen-bond donors (Lipinski definition) is 0. The van der Waals surface area contributed by atoms with Gasteiger partial charge in [-0.3, -0.25) is 0 Å². The van der Waals surface area contributed by atoms with Crippen molar-refractivity contribution in [3.8, 4) is 11.1 Å². The number of para-hydroxylation sites is 2. The van der Waals surface area contributed by atoms with E-state index in [-0.39, 0.29) is 34.7 Å². The third-order valence-corrected chi connectivity index (χ3v) is 7.82. The molecule has 0 aliphatic carbocycles. The van der Waals surface area contributed by atoms with Crippen LogP contribution < -0.4 is 4.90 Å². The highest BCUT2D eigenvalue weighted by Gasteiger charge is 2.20. The van der Waals surface area contributed by atoms with Gasteiger partial charge < -0.3 is 13.7 Å². The van der Waals surface area contributed by atoms with Gasteiger partial charge in [-0.25, -0.2) is 0 Å². The van der Waals surface area contributed by atoms with E-state index in [1.54, 1.807) is 36.4 Å². The standard InChI is InChI=1S/C40H25NO2/c1-2-10-29(11-3-1)41(35-14-8-16-38-39(35)33-23-19-27-9-4-5-12-31(27)40(33)43-38)30-21-17-26(18-22-30)28-20-24-37-34(25-28)32-13-6-7-15-36(32)42-37/h1-25H/i1D,2D,3D,10D,11D,17D,18D,21D,22D. The average Bonchev–Trinajstić information content (AvgIpc) is 3.74. The van der Waals surface area contributed by atoms with Crippen LogP contribution in [0.3, 0.4) is 0 Å². The van der Waals surface area contributed by atoms with Crippen molar-refractivity contribution >= 4 is 71.7 Å². The maximum Gasteiger partial charge on any atom is 0.143 e. The van der Waals surface area contributed by atoms with Crippen molar-refractivity contribution in [3.05, 3.63) is 151 Å². The summed E-state index contributed by atoms with van der Waals surface area (Å²) in [7, 11) is 0. The molecule has 0 saturated heterocycles. The molecule has 0 aliphatic rings. The Morgan fingerprint density at radius 2 is 1.23 bits per heavy atom. The third kappa shape index (κ3) is 3.75. The predicted molar refractivity (Wildman–Crippen MR) is 179 cm³/mol. The van der Waals surface area contributed by atoms with Crippen LogP contribution in [-0.2, 0) is 0 Å². The molecule has 3 heteroatoms. The number of nitrogens with zero attached hydrogens (tertiary/aromatic N) is 1. The molecular weight excluding hydrogens is 526 g/mol. The van der Waals surface area contributed by atoms with Crippen molar-refractivity contribution in [1.29, 1.82) is 0 Å². The molecule has 0 aliphatic heterocycles. The zero-order valence-electron chi connectivity index (χ0n) is 31.5. The van der Waals surface area contributed by atoms with Crippen molar-refractivity contribution in [2.24, 2.45) is 0 Å². The van der Waals surface area contributed by atoms with Crippen LogP contribution in [0.5, 0.6) is 0 Å². The smallest absolute Gasteiger partial charge is 0.143 e. The molecule has 0 bridgehead atoms. The molecular formula is C40H25NO2. The summed E-state index contributed by atoms with van der Waals surface area (Å²) >= 11 is 0. The number of anilines is 3. The molecule has 0 unspecified atom stereocenters. The zero-order chi connectivity index (χ0) is 36.2. The molecule has 9 rings (SSSR count). The molecule has 3 nitrogen and oxygen atoms in total. The quantitative estimate of drug-likeness (QED) is 0.214. The van der Waals surface area contributed by atoms with Crippen LogP contribution >= 0.6 is 0 Å². The summed E-state index contributed by atoms with van der Waals surface area (Å²) in [5.74, 6) is 0. The minimum Gasteiger partial charge on any atom is -0.456 e. The second-order valence-electron chi connectivity index (χ2n) is 10.3. The summed E-state index contributed by atoms with van der Waals surface area (Å²) in [6.07, 6.45) is 0. The lowest BCUT2D eigenvalue weighted by molar-refractivity contribution is 0.669. The van der Waals surface area contributed by atoms with Gasteiger partial charge in [-0.15, -0.1) is 0 Å². The van der Waals surface area contributed by atoms with Crippen molar-refractivity contribution in [3.63, 3.8) is 0 Å². The van der Waals surface area contributed by atoms with Crippen molar-refractivity contribution in [2.45, 2.75) is 0 Å². The third-order valence-electron chi connectivity index (χ3n) is 7.82. The van der Waals surface area contributed by atoms with E-state index in [0.717, 1.165) is 21.5 Å². The maximum atomic E-state index is 9.42. The largest absolute Gasteiger partial charge is 0.456 e. The summed E-state index contributed by atoms with van der Waals surface area (Å²) in [6.45, 7) is 0. The van der Waals surface area contributed by atoms with Gasteiger partial charge in [-0.05, 0) is 77.1 Å². The van der Waals surface area contributed by atoms with Gasteiger partial charge in [0.25, 0.3) is 0 Å². The number of hydrogen-bond acceptors (Lipinski definition) is 3. The Kier molecular flexibility index (Phi) is 3.61. The lowest BCUT2D eigenvalue weighted by Crippen LogP contribution is -2.10. The van der Waals surface area contributed by atoms with Crippen LogP contribution in [-0.4, -0.2) is 0 Å². The lowest BCUT2D eigenvalue weighted by Gasteiger charge is -2.26. The number of furan rings is 2. The van der Waals surface area contributed by atoms with Crippen molar-refractivity contribution < 1.29 is 21.2 Å². The Bertz CT molecular complexity index is 2930. The van der Waals surface area contributed by atoms with E-state index >= 15 is 0 Å². The minimum atomic E-state index is -0.608. The fourth-order valence-electron chi connectivity index (χ4n) is 5.87. The molecule has 2 aromatic heterocycles. The second kappa shape index (κ2) is 9.37. The van der Waals surface area contributed by atoms with Crippen molar-refractivity contribution in [2.75, 3.05) is 4.90 Å². The Hall–Kier alpha value is -5.80. The Morgan fingerprint density at radius 3 is 2.12 bits per heavy atom. The fraction of sp³-hybridized carbons (Fsp3) is 0. The highest BCUT2D eigenvalue weighted by Crippen LogP contribution is 2.44. The summed E-state index contributed by atoms with van der Waals surface area (Å²) in [4.78, 5) is 1.25. The number of fused-ring (bicyclic) bond motifs is 8. The predicted octanol–water partition coefficient (Wildman–Crippen LogP) is 11.8. The number of benzene rings is 7.